The third-order valence-corrected chi connectivity index (χ3v) is 4.54. The van der Waals surface area contributed by atoms with Gasteiger partial charge in [0.2, 0.25) is 0 Å². The van der Waals surface area contributed by atoms with E-state index < -0.39 is 17.3 Å². The Balaban J connectivity index is 0.00000450. The number of nitrogens with one attached hydrogen (secondary N) is 1. The predicted molar refractivity (Wildman–Crippen MR) is 114 cm³/mol. The van der Waals surface area contributed by atoms with Crippen molar-refractivity contribution >= 4 is 29.7 Å². The van der Waals surface area contributed by atoms with E-state index >= 15 is 0 Å². The van der Waals surface area contributed by atoms with E-state index in [0.717, 1.165) is 5.56 Å². The zero-order valence-corrected chi connectivity index (χ0v) is 21.1. The SMILES string of the molecule is CC(C)(C)OC(=O)N1CCN(CC(/C=C\c2ccc(Cl)cc2)=C(\O)C([NH-])=O)CC1.[Y]. The van der Waals surface area contributed by atoms with Crippen LogP contribution in [0.1, 0.15) is 26.3 Å². The van der Waals surface area contributed by atoms with Crippen LogP contribution in [0, 0.1) is 0 Å². The van der Waals surface area contributed by atoms with Gasteiger partial charge in [-0.1, -0.05) is 35.9 Å². The fourth-order valence-corrected chi connectivity index (χ4v) is 2.90. The molecule has 0 unspecified atom stereocenters. The monoisotopic (exact) mass is 509 g/mol. The molecule has 0 bridgehead atoms. The Labute approximate surface area is 207 Å². The number of ether oxygens (including phenoxy) is 1. The number of halogens is 1. The van der Waals surface area contributed by atoms with Crippen LogP contribution in [0.2, 0.25) is 5.02 Å². The maximum atomic E-state index is 12.2. The molecule has 1 aliphatic heterocycles. The van der Waals surface area contributed by atoms with Crippen LogP contribution in [-0.2, 0) is 42.2 Å². The summed E-state index contributed by atoms with van der Waals surface area (Å²) in [6.45, 7) is 7.87. The Bertz CT molecular complexity index is 795. The molecule has 2 N–H and O–H groups in total. The standard InChI is InChI=1S/C21H28ClN3O4.Y/c1-21(2,3)29-20(28)25-12-10-24(11-13-25)14-16(18(26)19(23)27)7-4-15-5-8-17(22)9-6-15;/h4-9H,10-14H2,1-3H3,(H3,23,26,27);/p-1/b7-4-,18-16-;. The Morgan fingerprint density at radius 1 is 1.17 bits per heavy atom. The first-order valence-electron chi connectivity index (χ1n) is 9.37. The summed E-state index contributed by atoms with van der Waals surface area (Å²) in [5.74, 6) is -1.71. The van der Waals surface area contributed by atoms with Gasteiger partial charge in [-0.05, 0) is 38.5 Å². The Hall–Kier alpha value is -1.41. The summed E-state index contributed by atoms with van der Waals surface area (Å²) in [4.78, 5) is 27.2. The molecule has 2 rings (SSSR count). The number of benzene rings is 1. The minimum Gasteiger partial charge on any atom is -0.661 e. The number of amides is 2. The maximum absolute atomic E-state index is 12.2. The van der Waals surface area contributed by atoms with E-state index in [2.05, 4.69) is 0 Å². The van der Waals surface area contributed by atoms with Crippen LogP contribution in [0.5, 0.6) is 0 Å². The van der Waals surface area contributed by atoms with Crippen LogP contribution < -0.4 is 0 Å². The molecule has 1 fully saturated rings. The quantitative estimate of drug-likeness (QED) is 0.363. The average molecular weight is 510 g/mol. The summed E-state index contributed by atoms with van der Waals surface area (Å²) in [5.41, 5.74) is 7.89. The van der Waals surface area contributed by atoms with Gasteiger partial charge < -0.3 is 25.3 Å². The number of nitrogens with zero attached hydrogens (tertiary/aromatic N) is 2. The Kier molecular flexibility index (Phi) is 10.5. The molecule has 0 aliphatic carbocycles. The summed E-state index contributed by atoms with van der Waals surface area (Å²) < 4.78 is 5.39. The zero-order valence-electron chi connectivity index (χ0n) is 17.5. The van der Waals surface area contributed by atoms with E-state index in [1.54, 1.807) is 29.2 Å². The molecular weight excluding hydrogens is 483 g/mol. The zero-order chi connectivity index (χ0) is 21.6. The fraction of sp³-hybridized carbons (Fsp3) is 0.429. The molecule has 1 radical (unpaired) electrons. The number of hydrogen-bond acceptors (Lipinski definition) is 5. The minimum absolute atomic E-state index is 0. The molecule has 0 spiro atoms. The molecule has 161 valence electrons. The van der Waals surface area contributed by atoms with Gasteiger partial charge >= 0.3 is 6.09 Å². The summed E-state index contributed by atoms with van der Waals surface area (Å²) >= 11 is 5.88. The molecule has 1 heterocycles. The minimum atomic E-state index is -1.13. The van der Waals surface area contributed by atoms with E-state index in [9.17, 15) is 14.7 Å². The van der Waals surface area contributed by atoms with Crippen molar-refractivity contribution in [3.63, 3.8) is 0 Å². The first-order valence-corrected chi connectivity index (χ1v) is 9.75. The van der Waals surface area contributed by atoms with Crippen LogP contribution in [0.25, 0.3) is 11.8 Å². The number of rotatable bonds is 5. The third kappa shape index (κ3) is 8.76. The largest absolute Gasteiger partial charge is 0.661 e. The Morgan fingerprint density at radius 2 is 1.73 bits per heavy atom. The number of hydrogen-bond donors (Lipinski definition) is 1. The predicted octanol–water partition coefficient (Wildman–Crippen LogP) is 4.29. The molecule has 1 aromatic rings. The summed E-state index contributed by atoms with van der Waals surface area (Å²) in [6, 6.07) is 7.12. The van der Waals surface area contributed by atoms with Gasteiger partial charge in [-0.15, -0.1) is 0 Å². The summed E-state index contributed by atoms with van der Waals surface area (Å²) in [5, 5.41) is 10.7. The van der Waals surface area contributed by atoms with Crippen molar-refractivity contribution in [2.75, 3.05) is 32.7 Å². The van der Waals surface area contributed by atoms with Crippen molar-refractivity contribution in [2.24, 2.45) is 0 Å². The van der Waals surface area contributed by atoms with Crippen LogP contribution >= 0.6 is 11.6 Å². The van der Waals surface area contributed by atoms with Gasteiger partial charge in [0.25, 0.3) is 0 Å². The van der Waals surface area contributed by atoms with Gasteiger partial charge in [-0.2, -0.15) is 0 Å². The topological polar surface area (TPSA) is 93.9 Å². The number of carbonyl (C=O) groups excluding carboxylic acids is 2. The average Bonchev–Trinajstić information content (AvgIpc) is 2.65. The number of aliphatic hydroxyl groups excluding tert-OH is 1. The first kappa shape index (κ1) is 26.6. The van der Waals surface area contributed by atoms with E-state index in [1.807, 2.05) is 37.8 Å². The van der Waals surface area contributed by atoms with E-state index in [0.29, 0.717) is 43.3 Å². The van der Waals surface area contributed by atoms with Crippen molar-refractivity contribution in [2.45, 2.75) is 26.4 Å². The van der Waals surface area contributed by atoms with Gasteiger partial charge in [-0.3, -0.25) is 4.90 Å². The second-order valence-corrected chi connectivity index (χ2v) is 8.27. The molecule has 2 amide bonds. The smallest absolute Gasteiger partial charge is 0.410 e. The first-order chi connectivity index (χ1) is 13.5. The van der Waals surface area contributed by atoms with Gasteiger partial charge in [0.05, 0.1) is 0 Å². The van der Waals surface area contributed by atoms with Crippen molar-refractivity contribution < 1.29 is 52.1 Å². The molecule has 0 atom stereocenters. The van der Waals surface area contributed by atoms with Crippen LogP contribution in [0.4, 0.5) is 4.79 Å². The third-order valence-electron chi connectivity index (χ3n) is 4.28. The molecule has 1 aromatic carbocycles. The number of aliphatic hydroxyl groups is 1. The fourth-order valence-electron chi connectivity index (χ4n) is 2.78. The van der Waals surface area contributed by atoms with Gasteiger partial charge in [-0.25, -0.2) is 4.79 Å². The molecular formula is C21H27ClN3O4Y-. The second-order valence-electron chi connectivity index (χ2n) is 7.83. The van der Waals surface area contributed by atoms with Gasteiger partial charge in [0.15, 0.2) is 0 Å². The van der Waals surface area contributed by atoms with Crippen LogP contribution in [-0.4, -0.2) is 65.2 Å². The van der Waals surface area contributed by atoms with E-state index in [4.69, 9.17) is 22.1 Å². The molecule has 1 aliphatic rings. The molecule has 1 saturated heterocycles. The molecule has 9 heteroatoms. The van der Waals surface area contributed by atoms with Gasteiger partial charge in [0.1, 0.15) is 17.3 Å². The van der Waals surface area contributed by atoms with Crippen molar-refractivity contribution in [1.82, 2.24) is 9.80 Å². The maximum Gasteiger partial charge on any atom is 0.410 e. The van der Waals surface area contributed by atoms with E-state index in [1.165, 1.54) is 0 Å². The van der Waals surface area contributed by atoms with Gasteiger partial charge in [0, 0.05) is 76.0 Å². The van der Waals surface area contributed by atoms with Crippen LogP contribution in [0.3, 0.4) is 0 Å². The van der Waals surface area contributed by atoms with Crippen molar-refractivity contribution in [3.05, 3.63) is 58.0 Å². The summed E-state index contributed by atoms with van der Waals surface area (Å²) in [6.07, 6.45) is 3.03. The normalized spacial score (nSPS) is 16.1. The molecule has 0 saturated carbocycles. The second kappa shape index (κ2) is 11.8. The molecule has 7 nitrogen and oxygen atoms in total. The van der Waals surface area contributed by atoms with Crippen molar-refractivity contribution in [3.8, 4) is 0 Å². The number of piperazine rings is 1. The molecule has 30 heavy (non-hydrogen) atoms. The molecule has 0 aromatic heterocycles. The summed E-state index contributed by atoms with van der Waals surface area (Å²) in [7, 11) is 0. The number of carbonyl (C=O) groups is 2. The van der Waals surface area contributed by atoms with Crippen LogP contribution in [0.15, 0.2) is 41.7 Å². The van der Waals surface area contributed by atoms with E-state index in [-0.39, 0.29) is 38.8 Å². The Morgan fingerprint density at radius 3 is 2.23 bits per heavy atom. The van der Waals surface area contributed by atoms with Crippen molar-refractivity contribution in [1.29, 1.82) is 0 Å².